The van der Waals surface area contributed by atoms with E-state index in [0.717, 1.165) is 13.0 Å². The maximum Gasteiger partial charge on any atom is 0.261 e. The average molecular weight is 211 g/mol. The Morgan fingerprint density at radius 2 is 1.93 bits per heavy atom. The van der Waals surface area contributed by atoms with Gasteiger partial charge < -0.3 is 0 Å². The van der Waals surface area contributed by atoms with E-state index in [1.807, 2.05) is 35.2 Å². The fourth-order valence-electron chi connectivity index (χ4n) is 1.93. The van der Waals surface area contributed by atoms with Gasteiger partial charge in [0.2, 0.25) is 0 Å². The third kappa shape index (κ3) is 2.99. The molecule has 1 aromatic carbocycles. The first-order valence-electron chi connectivity index (χ1n) is 5.30. The highest BCUT2D eigenvalue weighted by Gasteiger charge is 2.37. The van der Waals surface area contributed by atoms with Crippen molar-refractivity contribution in [1.82, 2.24) is 4.90 Å². The molecule has 1 aromatic rings. The van der Waals surface area contributed by atoms with Crippen molar-refractivity contribution in [1.29, 1.82) is 0 Å². The Labute approximate surface area is 88.7 Å². The van der Waals surface area contributed by atoms with Crippen molar-refractivity contribution in [2.75, 3.05) is 19.6 Å². The van der Waals surface area contributed by atoms with Crippen LogP contribution in [0.1, 0.15) is 12.0 Å². The molecule has 1 aliphatic heterocycles. The number of alkyl halides is 2. The number of halogens is 2. The van der Waals surface area contributed by atoms with Crippen LogP contribution in [-0.4, -0.2) is 30.5 Å². The minimum atomic E-state index is -2.46. The second-order valence-electron chi connectivity index (χ2n) is 4.12. The molecule has 1 nitrogen and oxygen atoms in total. The Bertz CT molecular complexity index is 311. The average Bonchev–Trinajstić information content (AvgIpc) is 2.57. The quantitative estimate of drug-likeness (QED) is 0.742. The van der Waals surface area contributed by atoms with E-state index in [-0.39, 0.29) is 13.0 Å². The first kappa shape index (κ1) is 10.6. The van der Waals surface area contributed by atoms with Crippen LogP contribution in [0, 0.1) is 0 Å². The lowest BCUT2D eigenvalue weighted by molar-refractivity contribution is 0.0123. The summed E-state index contributed by atoms with van der Waals surface area (Å²) in [5.74, 6) is -2.46. The summed E-state index contributed by atoms with van der Waals surface area (Å²) < 4.78 is 25.8. The largest absolute Gasteiger partial charge is 0.297 e. The van der Waals surface area contributed by atoms with Crippen molar-refractivity contribution in [2.24, 2.45) is 0 Å². The molecule has 0 N–H and O–H groups in total. The Balaban J connectivity index is 1.80. The number of hydrogen-bond donors (Lipinski definition) is 0. The van der Waals surface area contributed by atoms with E-state index >= 15 is 0 Å². The lowest BCUT2D eigenvalue weighted by Gasteiger charge is -2.15. The van der Waals surface area contributed by atoms with Gasteiger partial charge in [-0.15, -0.1) is 0 Å². The van der Waals surface area contributed by atoms with Crippen LogP contribution in [0.15, 0.2) is 30.3 Å². The second-order valence-corrected chi connectivity index (χ2v) is 4.12. The molecule has 0 atom stereocenters. The van der Waals surface area contributed by atoms with E-state index < -0.39 is 5.92 Å². The number of benzene rings is 1. The topological polar surface area (TPSA) is 3.24 Å². The van der Waals surface area contributed by atoms with E-state index in [9.17, 15) is 8.78 Å². The predicted octanol–water partition coefficient (Wildman–Crippen LogP) is 2.57. The zero-order valence-electron chi connectivity index (χ0n) is 8.63. The van der Waals surface area contributed by atoms with Crippen molar-refractivity contribution in [2.45, 2.75) is 18.8 Å². The van der Waals surface area contributed by atoms with Crippen LogP contribution in [0.25, 0.3) is 0 Å². The van der Waals surface area contributed by atoms with Crippen LogP contribution in [-0.2, 0) is 6.42 Å². The van der Waals surface area contributed by atoms with Gasteiger partial charge >= 0.3 is 0 Å². The van der Waals surface area contributed by atoms with E-state index in [1.54, 1.807) is 0 Å². The minimum Gasteiger partial charge on any atom is -0.297 e. The molecule has 0 unspecified atom stereocenters. The Morgan fingerprint density at radius 1 is 1.20 bits per heavy atom. The summed E-state index contributed by atoms with van der Waals surface area (Å²) in [6, 6.07) is 10.00. The maximum atomic E-state index is 12.9. The molecule has 1 fully saturated rings. The lowest BCUT2D eigenvalue weighted by Crippen LogP contribution is -2.27. The second kappa shape index (κ2) is 4.27. The molecule has 0 radical (unpaired) electrons. The van der Waals surface area contributed by atoms with Gasteiger partial charge in [-0.1, -0.05) is 30.3 Å². The van der Waals surface area contributed by atoms with Crippen molar-refractivity contribution in [3.05, 3.63) is 35.9 Å². The summed E-state index contributed by atoms with van der Waals surface area (Å²) in [5.41, 5.74) is 1.22. The van der Waals surface area contributed by atoms with Gasteiger partial charge in [-0.25, -0.2) is 8.78 Å². The number of hydrogen-bond acceptors (Lipinski definition) is 1. The lowest BCUT2D eigenvalue weighted by atomic mass is 10.1. The molecule has 0 saturated carbocycles. The Hall–Kier alpha value is -0.960. The molecular weight excluding hydrogens is 196 g/mol. The highest BCUT2D eigenvalue weighted by molar-refractivity contribution is 5.14. The normalized spacial score (nSPS) is 20.7. The van der Waals surface area contributed by atoms with E-state index in [0.29, 0.717) is 6.54 Å². The van der Waals surface area contributed by atoms with Crippen molar-refractivity contribution in [3.8, 4) is 0 Å². The zero-order valence-corrected chi connectivity index (χ0v) is 8.63. The third-order valence-electron chi connectivity index (χ3n) is 2.81. The van der Waals surface area contributed by atoms with E-state index in [1.165, 1.54) is 5.56 Å². The van der Waals surface area contributed by atoms with Gasteiger partial charge in [0.1, 0.15) is 0 Å². The molecule has 0 amide bonds. The monoisotopic (exact) mass is 211 g/mol. The van der Waals surface area contributed by atoms with Crippen LogP contribution in [0.5, 0.6) is 0 Å². The number of likely N-dealkylation sites (tertiary alicyclic amines) is 1. The van der Waals surface area contributed by atoms with Crippen LogP contribution >= 0.6 is 0 Å². The summed E-state index contributed by atoms with van der Waals surface area (Å²) in [4.78, 5) is 1.84. The molecule has 0 bridgehead atoms. The van der Waals surface area contributed by atoms with Crippen molar-refractivity contribution < 1.29 is 8.78 Å². The first-order chi connectivity index (χ1) is 7.16. The van der Waals surface area contributed by atoms with Gasteiger partial charge in [0.25, 0.3) is 5.92 Å². The smallest absolute Gasteiger partial charge is 0.261 e. The molecule has 82 valence electrons. The molecule has 0 spiro atoms. The molecule has 0 aromatic heterocycles. The Morgan fingerprint density at radius 3 is 2.53 bits per heavy atom. The highest BCUT2D eigenvalue weighted by atomic mass is 19.3. The minimum absolute atomic E-state index is 0.0157. The first-order valence-corrected chi connectivity index (χ1v) is 5.30. The number of nitrogens with zero attached hydrogens (tertiary/aromatic N) is 1. The number of rotatable bonds is 3. The summed E-state index contributed by atoms with van der Waals surface area (Å²) in [7, 11) is 0. The van der Waals surface area contributed by atoms with Crippen LogP contribution in [0.2, 0.25) is 0 Å². The fourth-order valence-corrected chi connectivity index (χ4v) is 1.93. The van der Waals surface area contributed by atoms with Gasteiger partial charge in [-0.2, -0.15) is 0 Å². The molecule has 1 saturated heterocycles. The van der Waals surface area contributed by atoms with Crippen molar-refractivity contribution >= 4 is 0 Å². The zero-order chi connectivity index (χ0) is 10.7. The summed E-state index contributed by atoms with van der Waals surface area (Å²) in [5, 5.41) is 0. The molecule has 1 heterocycles. The van der Waals surface area contributed by atoms with Gasteiger partial charge in [-0.3, -0.25) is 4.90 Å². The molecule has 0 aliphatic carbocycles. The summed E-state index contributed by atoms with van der Waals surface area (Å²) in [6.07, 6.45) is 0.874. The molecule has 15 heavy (non-hydrogen) atoms. The van der Waals surface area contributed by atoms with Gasteiger partial charge in [-0.05, 0) is 12.0 Å². The van der Waals surface area contributed by atoms with Gasteiger partial charge in [0, 0.05) is 19.5 Å². The predicted molar refractivity (Wildman–Crippen MR) is 56.2 cm³/mol. The van der Waals surface area contributed by atoms with Gasteiger partial charge in [0.05, 0.1) is 6.54 Å². The fraction of sp³-hybridized carbons (Fsp3) is 0.500. The highest BCUT2D eigenvalue weighted by Crippen LogP contribution is 2.26. The van der Waals surface area contributed by atoms with Crippen molar-refractivity contribution in [3.63, 3.8) is 0 Å². The van der Waals surface area contributed by atoms with Crippen LogP contribution in [0.4, 0.5) is 8.78 Å². The Kier molecular flexibility index (Phi) is 3.00. The van der Waals surface area contributed by atoms with E-state index in [4.69, 9.17) is 0 Å². The summed E-state index contributed by atoms with van der Waals surface area (Å²) in [6.45, 7) is 1.19. The van der Waals surface area contributed by atoms with E-state index in [2.05, 4.69) is 0 Å². The summed E-state index contributed by atoms with van der Waals surface area (Å²) >= 11 is 0. The molecule has 2 rings (SSSR count). The molecule has 3 heteroatoms. The maximum absolute atomic E-state index is 12.9. The van der Waals surface area contributed by atoms with Crippen LogP contribution < -0.4 is 0 Å². The van der Waals surface area contributed by atoms with Crippen LogP contribution in [0.3, 0.4) is 0 Å². The standard InChI is InChI=1S/C12H15F2N/c13-12(14)7-9-15(10-12)8-6-11-4-2-1-3-5-11/h1-5H,6-10H2. The molecular formula is C12H15F2N. The third-order valence-corrected chi connectivity index (χ3v) is 2.81. The SMILES string of the molecule is FC1(F)CCN(CCc2ccccc2)C1. The molecule has 1 aliphatic rings. The van der Waals surface area contributed by atoms with Gasteiger partial charge in [0.15, 0.2) is 0 Å².